The van der Waals surface area contributed by atoms with Gasteiger partial charge in [-0.15, -0.1) is 0 Å². The molecule has 0 saturated heterocycles. The molecule has 100 valence electrons. The van der Waals surface area contributed by atoms with Gasteiger partial charge in [0.1, 0.15) is 11.6 Å². The fraction of sp³-hybridized carbons (Fsp3) is 0. The molecule has 0 saturated carbocycles. The number of aromatic carboxylic acids is 1. The number of carbonyl (C=O) groups is 1. The summed E-state index contributed by atoms with van der Waals surface area (Å²) >= 11 is 3.34. The smallest absolute Gasteiger partial charge is 0.356 e. The second-order valence-electron chi connectivity index (χ2n) is 4.20. The Balaban J connectivity index is 2.32. The number of imidazole rings is 1. The van der Waals surface area contributed by atoms with Gasteiger partial charge in [0.25, 0.3) is 0 Å². The molecule has 0 fully saturated rings. The normalized spacial score (nSPS) is 10.9. The Bertz CT molecular complexity index is 812. The van der Waals surface area contributed by atoms with Gasteiger partial charge in [-0.3, -0.25) is 4.40 Å². The molecule has 0 radical (unpaired) electrons. The average molecular weight is 335 g/mol. The third kappa shape index (κ3) is 2.08. The summed E-state index contributed by atoms with van der Waals surface area (Å²) in [5.74, 6) is -0.994. The quantitative estimate of drug-likeness (QED) is 0.779. The topological polar surface area (TPSA) is 54.6 Å². The van der Waals surface area contributed by atoms with Gasteiger partial charge >= 0.3 is 5.97 Å². The lowest BCUT2D eigenvalue weighted by Crippen LogP contribution is -1.97. The van der Waals surface area contributed by atoms with Crippen molar-refractivity contribution in [3.63, 3.8) is 0 Å². The lowest BCUT2D eigenvalue weighted by molar-refractivity contribution is 0.0693. The van der Waals surface area contributed by atoms with Crippen molar-refractivity contribution in [3.05, 3.63) is 58.6 Å². The van der Waals surface area contributed by atoms with Crippen LogP contribution in [0.1, 0.15) is 10.5 Å². The zero-order chi connectivity index (χ0) is 14.3. The number of nitrogens with zero attached hydrogens (tertiary/aromatic N) is 2. The van der Waals surface area contributed by atoms with Gasteiger partial charge in [0.2, 0.25) is 0 Å². The van der Waals surface area contributed by atoms with Crippen LogP contribution in [0.4, 0.5) is 4.39 Å². The van der Waals surface area contributed by atoms with Crippen LogP contribution < -0.4 is 0 Å². The van der Waals surface area contributed by atoms with Crippen LogP contribution in [0.25, 0.3) is 16.9 Å². The highest BCUT2D eigenvalue weighted by atomic mass is 79.9. The van der Waals surface area contributed by atoms with Crippen LogP contribution in [-0.4, -0.2) is 20.5 Å². The second-order valence-corrected chi connectivity index (χ2v) is 5.11. The number of rotatable bonds is 2. The first-order valence-corrected chi connectivity index (χ1v) is 6.52. The molecule has 1 N–H and O–H groups in total. The molecule has 6 heteroatoms. The molecule has 0 aliphatic carbocycles. The first-order valence-electron chi connectivity index (χ1n) is 5.73. The Labute approximate surface area is 121 Å². The number of halogens is 2. The second kappa shape index (κ2) is 4.72. The summed E-state index contributed by atoms with van der Waals surface area (Å²) in [4.78, 5) is 15.4. The Morgan fingerprint density at radius 2 is 1.90 bits per heavy atom. The predicted octanol–water partition coefficient (Wildman–Crippen LogP) is 3.60. The zero-order valence-corrected chi connectivity index (χ0v) is 11.6. The van der Waals surface area contributed by atoms with Crippen molar-refractivity contribution < 1.29 is 14.3 Å². The van der Waals surface area contributed by atoms with Crippen molar-refractivity contribution in [3.8, 4) is 11.4 Å². The number of hydrogen-bond donors (Lipinski definition) is 1. The van der Waals surface area contributed by atoms with Crippen LogP contribution in [0.15, 0.2) is 47.1 Å². The number of fused-ring (bicyclic) bond motifs is 1. The van der Waals surface area contributed by atoms with E-state index < -0.39 is 5.97 Å². The first-order chi connectivity index (χ1) is 9.56. The fourth-order valence-corrected chi connectivity index (χ4v) is 2.36. The van der Waals surface area contributed by atoms with Gasteiger partial charge in [-0.05, 0) is 52.3 Å². The molecule has 0 spiro atoms. The Morgan fingerprint density at radius 1 is 1.20 bits per heavy atom. The van der Waals surface area contributed by atoms with E-state index in [1.54, 1.807) is 34.9 Å². The summed E-state index contributed by atoms with van der Waals surface area (Å²) in [7, 11) is 0. The largest absolute Gasteiger partial charge is 0.476 e. The minimum atomic E-state index is -1.10. The zero-order valence-electron chi connectivity index (χ0n) is 10.0. The van der Waals surface area contributed by atoms with Crippen LogP contribution in [0.3, 0.4) is 0 Å². The SMILES string of the molecule is O=C(O)c1nc(-c2ccc(F)cc2)n2cc(Br)ccc12. The molecule has 4 nitrogen and oxygen atoms in total. The third-order valence-electron chi connectivity index (χ3n) is 2.91. The lowest BCUT2D eigenvalue weighted by atomic mass is 10.2. The van der Waals surface area contributed by atoms with Crippen molar-refractivity contribution in [2.75, 3.05) is 0 Å². The summed E-state index contributed by atoms with van der Waals surface area (Å²) in [5, 5.41) is 9.21. The standard InChI is InChI=1S/C14H8BrFN2O2/c15-9-3-6-11-12(14(19)20)17-13(18(11)7-9)8-1-4-10(16)5-2-8/h1-7H,(H,19,20). The molecule has 2 aromatic heterocycles. The maximum absolute atomic E-state index is 13.0. The van der Waals surface area contributed by atoms with E-state index in [4.69, 9.17) is 0 Å². The molecule has 1 aromatic carbocycles. The van der Waals surface area contributed by atoms with E-state index in [0.717, 1.165) is 4.47 Å². The number of pyridine rings is 1. The van der Waals surface area contributed by atoms with Gasteiger partial charge in [0.05, 0.1) is 5.52 Å². The maximum atomic E-state index is 13.0. The van der Waals surface area contributed by atoms with Crippen LogP contribution >= 0.6 is 15.9 Å². The fourth-order valence-electron chi connectivity index (χ4n) is 2.02. The molecule has 3 rings (SSSR count). The third-order valence-corrected chi connectivity index (χ3v) is 3.37. The van der Waals surface area contributed by atoms with Crippen molar-refractivity contribution in [2.45, 2.75) is 0 Å². The Morgan fingerprint density at radius 3 is 2.55 bits per heavy atom. The van der Waals surface area contributed by atoms with Gasteiger partial charge in [0.15, 0.2) is 5.69 Å². The van der Waals surface area contributed by atoms with Crippen molar-refractivity contribution in [1.82, 2.24) is 9.38 Å². The van der Waals surface area contributed by atoms with Crippen LogP contribution in [-0.2, 0) is 0 Å². The van der Waals surface area contributed by atoms with Crippen LogP contribution in [0, 0.1) is 5.82 Å². The number of benzene rings is 1. The number of carboxylic acid groups (broad SMARTS) is 1. The van der Waals surface area contributed by atoms with E-state index in [9.17, 15) is 14.3 Å². The maximum Gasteiger partial charge on any atom is 0.356 e. The molecule has 0 bridgehead atoms. The molecule has 0 atom stereocenters. The van der Waals surface area contributed by atoms with Crippen molar-refractivity contribution >= 4 is 27.4 Å². The van der Waals surface area contributed by atoms with Gasteiger partial charge < -0.3 is 5.11 Å². The molecule has 20 heavy (non-hydrogen) atoms. The predicted molar refractivity (Wildman–Crippen MR) is 75.2 cm³/mol. The van der Waals surface area contributed by atoms with Crippen molar-refractivity contribution in [1.29, 1.82) is 0 Å². The molecule has 0 aliphatic heterocycles. The van der Waals surface area contributed by atoms with Gasteiger partial charge in [0, 0.05) is 16.2 Å². The van der Waals surface area contributed by atoms with Crippen LogP contribution in [0.2, 0.25) is 0 Å². The lowest BCUT2D eigenvalue weighted by Gasteiger charge is -2.02. The Kier molecular flexibility index (Phi) is 3.02. The molecular formula is C14H8BrFN2O2. The molecular weight excluding hydrogens is 327 g/mol. The van der Waals surface area contributed by atoms with E-state index >= 15 is 0 Å². The van der Waals surface area contributed by atoms with Gasteiger partial charge in [-0.1, -0.05) is 0 Å². The van der Waals surface area contributed by atoms with Crippen molar-refractivity contribution in [2.24, 2.45) is 0 Å². The Hall–Kier alpha value is -2.21. The van der Waals surface area contributed by atoms with E-state index in [0.29, 0.717) is 16.9 Å². The number of hydrogen-bond acceptors (Lipinski definition) is 2. The first kappa shape index (κ1) is 12.8. The molecule has 0 aliphatic rings. The molecule has 0 amide bonds. The summed E-state index contributed by atoms with van der Waals surface area (Å²) in [6, 6.07) is 9.18. The summed E-state index contributed by atoms with van der Waals surface area (Å²) in [6.45, 7) is 0. The summed E-state index contributed by atoms with van der Waals surface area (Å²) < 4.78 is 15.4. The van der Waals surface area contributed by atoms with E-state index in [1.807, 2.05) is 0 Å². The molecule has 2 heterocycles. The highest BCUT2D eigenvalue weighted by molar-refractivity contribution is 9.10. The minimum absolute atomic E-state index is 0.0307. The highest BCUT2D eigenvalue weighted by Crippen LogP contribution is 2.25. The van der Waals surface area contributed by atoms with E-state index in [-0.39, 0.29) is 11.5 Å². The number of carboxylic acids is 1. The average Bonchev–Trinajstić information content (AvgIpc) is 2.78. The van der Waals surface area contributed by atoms with Gasteiger partial charge in [-0.25, -0.2) is 14.2 Å². The highest BCUT2D eigenvalue weighted by Gasteiger charge is 2.17. The number of aromatic nitrogens is 2. The summed E-state index contributed by atoms with van der Waals surface area (Å²) in [6.07, 6.45) is 1.73. The van der Waals surface area contributed by atoms with E-state index in [2.05, 4.69) is 20.9 Å². The molecule has 0 unspecified atom stereocenters. The molecule has 3 aromatic rings. The van der Waals surface area contributed by atoms with Gasteiger partial charge in [-0.2, -0.15) is 0 Å². The monoisotopic (exact) mass is 334 g/mol. The van der Waals surface area contributed by atoms with E-state index in [1.165, 1.54) is 12.1 Å². The summed E-state index contributed by atoms with van der Waals surface area (Å²) in [5.41, 5.74) is 1.10. The minimum Gasteiger partial charge on any atom is -0.476 e. The van der Waals surface area contributed by atoms with Crippen LogP contribution in [0.5, 0.6) is 0 Å².